The third-order valence-electron chi connectivity index (χ3n) is 16.2. The van der Waals surface area contributed by atoms with Crippen LogP contribution < -0.4 is 25.5 Å². The van der Waals surface area contributed by atoms with Gasteiger partial charge in [0.05, 0.1) is 0 Å². The van der Waals surface area contributed by atoms with E-state index in [-0.39, 0.29) is 23.1 Å². The van der Waals surface area contributed by atoms with Crippen LogP contribution in [0.1, 0.15) is 84.6 Å². The standard InChI is InChI=1S/C71H64BN3S/c1-45-40-49(46-18-12-11-13-19-46)24-39-61(45)74-63-43-56(73(53-31-25-50(26-32-53)69(2,3)4)54-33-27-51(28-34-54)70(5,6)7)37-38-60(63)72-67-64(74)44-58-57-22-16-17-23-65(57)76-68(58)66(67)59-41-47-20-14-15-21-48(47)42-62(59)75(72)55-35-29-52(30-36-55)71(8,9)10/h11-44H,1-10H3. The SMILES string of the molecule is Cc1cc(-c2ccccc2)ccc1N1c2cc(N(c3ccc(C(C)(C)C)cc3)c3ccc(C(C)(C)C)cc3)ccc2B2c3c1cc1c(sc4ccccc41)c3-c1cc3ccccc3cc1N2c1ccc(C(C)(C)C)cc1. The van der Waals surface area contributed by atoms with Gasteiger partial charge in [-0.15, -0.1) is 11.3 Å². The second-order valence-electron chi connectivity index (χ2n) is 24.3. The number of rotatable bonds is 6. The lowest BCUT2D eigenvalue weighted by atomic mass is 9.43. The molecule has 2 aliphatic heterocycles. The minimum absolute atomic E-state index is 0.00928. The van der Waals surface area contributed by atoms with Crippen molar-refractivity contribution in [2.24, 2.45) is 0 Å². The molecule has 372 valence electrons. The summed E-state index contributed by atoms with van der Waals surface area (Å²) in [5.74, 6) is 0. The van der Waals surface area contributed by atoms with Gasteiger partial charge < -0.3 is 14.6 Å². The molecule has 0 spiro atoms. The normalized spacial score (nSPS) is 13.3. The van der Waals surface area contributed by atoms with Gasteiger partial charge in [-0.1, -0.05) is 184 Å². The average molecular weight is 1000 g/mol. The molecule has 0 amide bonds. The van der Waals surface area contributed by atoms with Crippen molar-refractivity contribution in [2.45, 2.75) is 85.5 Å². The first-order valence-corrected chi connectivity index (χ1v) is 27.8. The molecule has 3 nitrogen and oxygen atoms in total. The van der Waals surface area contributed by atoms with Gasteiger partial charge in [-0.3, -0.25) is 0 Å². The summed E-state index contributed by atoms with van der Waals surface area (Å²) >= 11 is 1.94. The Morgan fingerprint density at radius 3 is 1.62 bits per heavy atom. The van der Waals surface area contributed by atoms with E-state index < -0.39 is 0 Å². The van der Waals surface area contributed by atoms with Crippen molar-refractivity contribution in [2.75, 3.05) is 14.6 Å². The number of aryl methyl sites for hydroxylation is 1. The molecule has 3 heterocycles. The van der Waals surface area contributed by atoms with Crippen LogP contribution in [-0.2, 0) is 16.2 Å². The van der Waals surface area contributed by atoms with Crippen molar-refractivity contribution >= 4 is 106 Å². The molecule has 0 saturated carbocycles. The smallest absolute Gasteiger partial charge is 0.333 e. The van der Waals surface area contributed by atoms with E-state index in [2.05, 4.69) is 290 Å². The quantitative estimate of drug-likeness (QED) is 0.154. The highest BCUT2D eigenvalue weighted by atomic mass is 32.1. The maximum absolute atomic E-state index is 2.68. The van der Waals surface area contributed by atoms with E-state index in [4.69, 9.17) is 0 Å². The first-order chi connectivity index (χ1) is 36.5. The summed E-state index contributed by atoms with van der Waals surface area (Å²) in [5, 5.41) is 5.06. The zero-order chi connectivity index (χ0) is 52.4. The second-order valence-corrected chi connectivity index (χ2v) is 25.4. The minimum Gasteiger partial charge on any atom is -0.376 e. The van der Waals surface area contributed by atoms with Gasteiger partial charge in [-0.05, 0) is 163 Å². The van der Waals surface area contributed by atoms with Gasteiger partial charge in [0.2, 0.25) is 0 Å². The molecular formula is C71H64BN3S. The van der Waals surface area contributed by atoms with Crippen LogP contribution in [0.2, 0.25) is 0 Å². The minimum atomic E-state index is -0.163. The fourth-order valence-corrected chi connectivity index (χ4v) is 13.3. The lowest BCUT2D eigenvalue weighted by molar-refractivity contribution is 0.590. The van der Waals surface area contributed by atoms with Gasteiger partial charge in [0.15, 0.2) is 0 Å². The molecular weight excluding hydrogens is 938 g/mol. The maximum Gasteiger partial charge on any atom is 0.333 e. The summed E-state index contributed by atoms with van der Waals surface area (Å²) in [7, 11) is 0. The number of fused-ring (bicyclic) bond motifs is 9. The van der Waals surface area contributed by atoms with E-state index in [1.54, 1.807) is 0 Å². The zero-order valence-electron chi connectivity index (χ0n) is 45.5. The molecule has 13 rings (SSSR count). The van der Waals surface area contributed by atoms with E-state index in [0.717, 1.165) is 17.1 Å². The van der Waals surface area contributed by atoms with Gasteiger partial charge >= 0.3 is 6.85 Å². The molecule has 0 radical (unpaired) electrons. The molecule has 11 aromatic rings. The highest BCUT2D eigenvalue weighted by Gasteiger charge is 2.47. The largest absolute Gasteiger partial charge is 0.376 e. The molecule has 1 aromatic heterocycles. The first kappa shape index (κ1) is 47.8. The molecule has 0 saturated heterocycles. The van der Waals surface area contributed by atoms with Crippen LogP contribution in [0.25, 0.3) is 53.2 Å². The van der Waals surface area contributed by atoms with E-state index in [0.29, 0.717) is 0 Å². The fraction of sp³-hybridized carbons (Fsp3) is 0.183. The number of hydrogen-bond donors (Lipinski definition) is 0. The van der Waals surface area contributed by atoms with E-state index in [9.17, 15) is 0 Å². The summed E-state index contributed by atoms with van der Waals surface area (Å²) < 4.78 is 2.64. The Balaban J connectivity index is 1.14. The van der Waals surface area contributed by atoms with Crippen LogP contribution in [0.5, 0.6) is 0 Å². The van der Waals surface area contributed by atoms with Crippen LogP contribution in [0, 0.1) is 6.92 Å². The van der Waals surface area contributed by atoms with Gasteiger partial charge in [-0.2, -0.15) is 0 Å². The Morgan fingerprint density at radius 1 is 0.434 bits per heavy atom. The molecule has 0 unspecified atom stereocenters. The molecule has 76 heavy (non-hydrogen) atoms. The fourth-order valence-electron chi connectivity index (χ4n) is 12.1. The number of nitrogens with zero attached hydrogens (tertiary/aromatic N) is 3. The van der Waals surface area contributed by atoms with Gasteiger partial charge in [0.1, 0.15) is 0 Å². The number of anilines is 8. The van der Waals surface area contributed by atoms with Gasteiger partial charge in [0, 0.05) is 76.8 Å². The van der Waals surface area contributed by atoms with Crippen LogP contribution in [-0.4, -0.2) is 6.85 Å². The molecule has 5 heteroatoms. The molecule has 0 bridgehead atoms. The van der Waals surface area contributed by atoms with Crippen molar-refractivity contribution < 1.29 is 0 Å². The van der Waals surface area contributed by atoms with Crippen molar-refractivity contribution in [1.29, 1.82) is 0 Å². The second kappa shape index (κ2) is 17.6. The Bertz CT molecular complexity index is 4000. The van der Waals surface area contributed by atoms with Crippen molar-refractivity contribution in [3.63, 3.8) is 0 Å². The Morgan fingerprint density at radius 2 is 1.00 bits per heavy atom. The number of benzene rings is 10. The maximum atomic E-state index is 2.68. The first-order valence-electron chi connectivity index (χ1n) is 27.0. The molecule has 0 fully saturated rings. The highest BCUT2D eigenvalue weighted by molar-refractivity contribution is 7.26. The molecule has 10 aromatic carbocycles. The topological polar surface area (TPSA) is 9.72 Å². The third kappa shape index (κ3) is 7.93. The lowest BCUT2D eigenvalue weighted by Crippen LogP contribution is -2.61. The summed E-state index contributed by atoms with van der Waals surface area (Å²) in [6, 6.07) is 78.6. The van der Waals surface area contributed by atoms with E-state index in [1.165, 1.54) is 115 Å². The van der Waals surface area contributed by atoms with E-state index >= 15 is 0 Å². The Hall–Kier alpha value is -7.86. The number of hydrogen-bond acceptors (Lipinski definition) is 4. The lowest BCUT2D eigenvalue weighted by Gasteiger charge is -2.46. The Labute approximate surface area is 453 Å². The van der Waals surface area contributed by atoms with Gasteiger partial charge in [-0.25, -0.2) is 0 Å². The van der Waals surface area contributed by atoms with Crippen LogP contribution in [0.4, 0.5) is 45.5 Å². The van der Waals surface area contributed by atoms with Crippen LogP contribution in [0.15, 0.2) is 206 Å². The van der Waals surface area contributed by atoms with Crippen LogP contribution in [0.3, 0.4) is 0 Å². The summed E-state index contributed by atoms with van der Waals surface area (Å²) in [6.45, 7) is 22.8. The van der Waals surface area contributed by atoms with Gasteiger partial charge in [0.25, 0.3) is 0 Å². The predicted molar refractivity (Wildman–Crippen MR) is 332 cm³/mol. The van der Waals surface area contributed by atoms with Crippen molar-refractivity contribution in [1.82, 2.24) is 0 Å². The Kier molecular flexibility index (Phi) is 11.1. The average Bonchev–Trinajstić information content (AvgIpc) is 3.98. The monoisotopic (exact) mass is 1000 g/mol. The summed E-state index contributed by atoms with van der Waals surface area (Å²) in [6.07, 6.45) is 0. The van der Waals surface area contributed by atoms with Crippen molar-refractivity contribution in [3.8, 4) is 22.3 Å². The van der Waals surface area contributed by atoms with Crippen LogP contribution >= 0.6 is 11.3 Å². The molecule has 0 atom stereocenters. The molecule has 0 aliphatic carbocycles. The summed E-state index contributed by atoms with van der Waals surface area (Å²) in [4.78, 5) is 7.76. The predicted octanol–water partition coefficient (Wildman–Crippen LogP) is 19.3. The number of thiophene rings is 1. The summed E-state index contributed by atoms with van der Waals surface area (Å²) in [5.41, 5.74) is 22.1. The zero-order valence-corrected chi connectivity index (χ0v) is 46.3. The third-order valence-corrected chi connectivity index (χ3v) is 17.4. The van der Waals surface area contributed by atoms with E-state index in [1.807, 2.05) is 11.3 Å². The highest BCUT2D eigenvalue weighted by Crippen LogP contribution is 2.54. The molecule has 2 aliphatic rings. The van der Waals surface area contributed by atoms with Crippen molar-refractivity contribution in [3.05, 3.63) is 229 Å². The molecule has 0 N–H and O–H groups in total.